The Hall–Kier alpha value is -2.01. The minimum Gasteiger partial charge on any atom is -0.492 e. The molecule has 5 nitrogen and oxygen atoms in total. The lowest BCUT2D eigenvalue weighted by atomic mass is 10.0. The van der Waals surface area contributed by atoms with Crippen molar-refractivity contribution in [3.8, 4) is 11.6 Å². The molecule has 0 bridgehead atoms. The predicted molar refractivity (Wildman–Crippen MR) is 90.1 cm³/mol. The zero-order valence-electron chi connectivity index (χ0n) is 14.3. The van der Waals surface area contributed by atoms with Crippen LogP contribution in [0.1, 0.15) is 36.6 Å². The summed E-state index contributed by atoms with van der Waals surface area (Å²) in [7, 11) is 3.62. The van der Waals surface area contributed by atoms with Crippen molar-refractivity contribution in [2.75, 3.05) is 13.7 Å². The van der Waals surface area contributed by atoms with Crippen LogP contribution in [0.25, 0.3) is 0 Å². The summed E-state index contributed by atoms with van der Waals surface area (Å²) in [5, 5.41) is 8.20. The number of ether oxygens (including phenoxy) is 2. The van der Waals surface area contributed by atoms with Gasteiger partial charge in [0.25, 0.3) is 0 Å². The van der Waals surface area contributed by atoms with Crippen molar-refractivity contribution in [1.29, 1.82) is 0 Å². The Bertz CT molecular complexity index is 679. The first-order valence-corrected chi connectivity index (χ1v) is 8.14. The maximum Gasteiger partial charge on any atom is 0.216 e. The van der Waals surface area contributed by atoms with Crippen LogP contribution in [0.4, 0.5) is 0 Å². The van der Waals surface area contributed by atoms with Crippen LogP contribution in [-0.4, -0.2) is 29.5 Å². The summed E-state index contributed by atoms with van der Waals surface area (Å²) < 4.78 is 13.2. The lowest BCUT2D eigenvalue weighted by Gasteiger charge is -2.26. The van der Waals surface area contributed by atoms with Crippen molar-refractivity contribution in [1.82, 2.24) is 15.1 Å². The molecule has 3 rings (SSSR count). The van der Waals surface area contributed by atoms with Crippen LogP contribution in [0, 0.1) is 0 Å². The Kier molecular flexibility index (Phi) is 4.57. The Labute approximate surface area is 137 Å². The summed E-state index contributed by atoms with van der Waals surface area (Å²) >= 11 is 0. The van der Waals surface area contributed by atoms with Crippen molar-refractivity contribution in [2.45, 2.75) is 38.8 Å². The van der Waals surface area contributed by atoms with E-state index in [-0.39, 0.29) is 0 Å². The number of para-hydroxylation sites is 1. The highest BCUT2D eigenvalue weighted by molar-refractivity contribution is 5.36. The third-order valence-corrected chi connectivity index (χ3v) is 4.31. The fourth-order valence-corrected chi connectivity index (χ4v) is 3.16. The second-order valence-electron chi connectivity index (χ2n) is 6.35. The van der Waals surface area contributed by atoms with Gasteiger partial charge in [-0.15, -0.1) is 0 Å². The van der Waals surface area contributed by atoms with Gasteiger partial charge in [-0.25, -0.2) is 4.68 Å². The van der Waals surface area contributed by atoms with E-state index in [2.05, 4.69) is 36.4 Å². The zero-order chi connectivity index (χ0) is 16.4. The van der Waals surface area contributed by atoms with Crippen LogP contribution in [0.2, 0.25) is 0 Å². The minimum absolute atomic E-state index is 0.301. The monoisotopic (exact) mass is 315 g/mol. The van der Waals surface area contributed by atoms with Gasteiger partial charge in [0, 0.05) is 19.6 Å². The summed E-state index contributed by atoms with van der Waals surface area (Å²) in [5.74, 6) is 2.20. The fraction of sp³-hybridized carbons (Fsp3) is 0.500. The van der Waals surface area contributed by atoms with E-state index in [1.54, 1.807) is 7.11 Å². The average Bonchev–Trinajstić information content (AvgIpc) is 2.88. The molecule has 2 aromatic rings. The second-order valence-corrected chi connectivity index (χ2v) is 6.35. The SMILES string of the molecule is COc1c(CNC2COc3ccccc3C2)c(C(C)C)nn1C. The lowest BCUT2D eigenvalue weighted by molar-refractivity contribution is 0.237. The van der Waals surface area contributed by atoms with E-state index < -0.39 is 0 Å². The van der Waals surface area contributed by atoms with Gasteiger partial charge in [-0.05, 0) is 24.0 Å². The van der Waals surface area contributed by atoms with Crippen molar-refractivity contribution in [3.05, 3.63) is 41.1 Å². The number of fused-ring (bicyclic) bond motifs is 1. The molecule has 1 aliphatic heterocycles. The van der Waals surface area contributed by atoms with Crippen LogP contribution in [0.3, 0.4) is 0 Å². The number of rotatable bonds is 5. The third kappa shape index (κ3) is 3.20. The van der Waals surface area contributed by atoms with Crippen LogP contribution >= 0.6 is 0 Å². The maximum absolute atomic E-state index is 5.85. The molecule has 1 aromatic carbocycles. The molecule has 0 saturated carbocycles. The minimum atomic E-state index is 0.301. The third-order valence-electron chi connectivity index (χ3n) is 4.31. The van der Waals surface area contributed by atoms with Gasteiger partial charge in [0.05, 0.1) is 18.4 Å². The van der Waals surface area contributed by atoms with E-state index >= 15 is 0 Å². The van der Waals surface area contributed by atoms with E-state index in [1.807, 2.05) is 23.9 Å². The summed E-state index contributed by atoms with van der Waals surface area (Å²) in [6.07, 6.45) is 0.982. The highest BCUT2D eigenvalue weighted by Gasteiger charge is 2.23. The van der Waals surface area contributed by atoms with E-state index in [4.69, 9.17) is 9.47 Å². The number of aromatic nitrogens is 2. The number of hydrogen-bond donors (Lipinski definition) is 1. The fourth-order valence-electron chi connectivity index (χ4n) is 3.16. The van der Waals surface area contributed by atoms with Gasteiger partial charge < -0.3 is 14.8 Å². The smallest absolute Gasteiger partial charge is 0.216 e. The molecule has 0 spiro atoms. The van der Waals surface area contributed by atoms with E-state index in [0.29, 0.717) is 18.6 Å². The van der Waals surface area contributed by atoms with Gasteiger partial charge in [-0.3, -0.25) is 0 Å². The highest BCUT2D eigenvalue weighted by Crippen LogP contribution is 2.28. The normalized spacial score (nSPS) is 17.0. The quantitative estimate of drug-likeness (QED) is 0.921. The van der Waals surface area contributed by atoms with Crippen molar-refractivity contribution >= 4 is 0 Å². The van der Waals surface area contributed by atoms with Crippen LogP contribution in [0.5, 0.6) is 11.6 Å². The first-order chi connectivity index (χ1) is 11.1. The van der Waals surface area contributed by atoms with Gasteiger partial charge in [0.15, 0.2) is 0 Å². The molecule has 0 saturated heterocycles. The Morgan fingerprint density at radius 3 is 2.91 bits per heavy atom. The first kappa shape index (κ1) is 15.9. The second kappa shape index (κ2) is 6.62. The van der Waals surface area contributed by atoms with Gasteiger partial charge in [-0.1, -0.05) is 32.0 Å². The number of aryl methyl sites for hydroxylation is 1. The first-order valence-electron chi connectivity index (χ1n) is 8.14. The number of nitrogens with zero attached hydrogens (tertiary/aromatic N) is 2. The average molecular weight is 315 g/mol. The number of nitrogens with one attached hydrogen (secondary N) is 1. The Morgan fingerprint density at radius 2 is 2.17 bits per heavy atom. The number of hydrogen-bond acceptors (Lipinski definition) is 4. The molecule has 0 aliphatic carbocycles. The largest absolute Gasteiger partial charge is 0.492 e. The topological polar surface area (TPSA) is 48.3 Å². The maximum atomic E-state index is 5.85. The summed E-state index contributed by atoms with van der Waals surface area (Å²) in [4.78, 5) is 0. The van der Waals surface area contributed by atoms with Gasteiger partial charge in [-0.2, -0.15) is 5.10 Å². The van der Waals surface area contributed by atoms with Gasteiger partial charge >= 0.3 is 0 Å². The van der Waals surface area contributed by atoms with Gasteiger partial charge in [0.1, 0.15) is 12.4 Å². The lowest BCUT2D eigenvalue weighted by Crippen LogP contribution is -2.39. The molecule has 0 fully saturated rings. The molecule has 23 heavy (non-hydrogen) atoms. The Morgan fingerprint density at radius 1 is 1.39 bits per heavy atom. The summed E-state index contributed by atoms with van der Waals surface area (Å²) in [6.45, 7) is 5.74. The zero-order valence-corrected chi connectivity index (χ0v) is 14.3. The van der Waals surface area contributed by atoms with E-state index in [0.717, 1.165) is 35.9 Å². The molecule has 5 heteroatoms. The molecule has 1 atom stereocenters. The molecule has 1 aliphatic rings. The van der Waals surface area contributed by atoms with E-state index in [1.165, 1.54) is 5.56 Å². The number of methoxy groups -OCH3 is 1. The Balaban J connectivity index is 1.72. The molecule has 2 heterocycles. The van der Waals surface area contributed by atoms with Crippen LogP contribution in [-0.2, 0) is 20.0 Å². The molecule has 1 unspecified atom stereocenters. The molecule has 1 N–H and O–H groups in total. The van der Waals surface area contributed by atoms with Crippen LogP contribution < -0.4 is 14.8 Å². The highest BCUT2D eigenvalue weighted by atomic mass is 16.5. The van der Waals surface area contributed by atoms with Crippen molar-refractivity contribution in [3.63, 3.8) is 0 Å². The molecule has 0 amide bonds. The number of benzene rings is 1. The molecular weight excluding hydrogens is 290 g/mol. The molecule has 1 aromatic heterocycles. The summed E-state index contributed by atoms with van der Waals surface area (Å²) in [6, 6.07) is 8.54. The van der Waals surface area contributed by atoms with Gasteiger partial charge in [0.2, 0.25) is 5.88 Å². The summed E-state index contributed by atoms with van der Waals surface area (Å²) in [5.41, 5.74) is 3.50. The van der Waals surface area contributed by atoms with Crippen LogP contribution in [0.15, 0.2) is 24.3 Å². The molecule has 0 radical (unpaired) electrons. The van der Waals surface area contributed by atoms with E-state index in [9.17, 15) is 0 Å². The van der Waals surface area contributed by atoms with Crippen molar-refractivity contribution < 1.29 is 9.47 Å². The predicted octanol–water partition coefficient (Wildman–Crippen LogP) is 2.65. The molecular formula is C18H25N3O2. The molecule has 124 valence electrons. The van der Waals surface area contributed by atoms with Crippen molar-refractivity contribution in [2.24, 2.45) is 7.05 Å². The standard InChI is InChI=1S/C18H25N3O2/c1-12(2)17-15(18(22-4)21(3)20-17)10-19-14-9-13-7-5-6-8-16(13)23-11-14/h5-8,12,14,19H,9-11H2,1-4H3.